The average molecular weight is 391 g/mol. The number of carbonyl (C=O) groups excluding carboxylic acids is 1. The molecule has 0 bridgehead atoms. The Hall–Kier alpha value is -3.19. The number of primary amides is 1. The molecule has 2 aromatic carbocycles. The third-order valence-corrected chi connectivity index (χ3v) is 5.28. The normalized spacial score (nSPS) is 16.8. The van der Waals surface area contributed by atoms with Gasteiger partial charge in [0.25, 0.3) is 0 Å². The average Bonchev–Trinajstić information content (AvgIpc) is 3.29. The first kappa shape index (κ1) is 19.1. The summed E-state index contributed by atoms with van der Waals surface area (Å²) in [5.74, 6) is 0.974. The number of hydrogen-bond acceptors (Lipinski definition) is 5. The Morgan fingerprint density at radius 3 is 2.34 bits per heavy atom. The van der Waals surface area contributed by atoms with Crippen LogP contribution in [0.2, 0.25) is 0 Å². The molecule has 1 aliphatic heterocycles. The van der Waals surface area contributed by atoms with Crippen molar-refractivity contribution in [2.75, 3.05) is 6.54 Å². The van der Waals surface area contributed by atoms with E-state index in [0.29, 0.717) is 17.4 Å². The lowest BCUT2D eigenvalue weighted by Crippen LogP contribution is -2.23. The molecule has 3 aromatic rings. The number of likely N-dealkylation sites (tertiary alicyclic amines) is 1. The van der Waals surface area contributed by atoms with Gasteiger partial charge in [-0.25, -0.2) is 0 Å². The largest absolute Gasteiger partial charge is 0.457 e. The molecule has 0 radical (unpaired) electrons. The molecule has 1 aliphatic rings. The first-order chi connectivity index (χ1) is 14.0. The molecule has 0 saturated carbocycles. The van der Waals surface area contributed by atoms with Crippen LogP contribution >= 0.6 is 0 Å². The Labute approximate surface area is 170 Å². The summed E-state index contributed by atoms with van der Waals surface area (Å²) in [5.41, 5.74) is 9.06. The zero-order valence-electron chi connectivity index (χ0n) is 16.7. The van der Waals surface area contributed by atoms with Gasteiger partial charge in [0, 0.05) is 19.2 Å². The Bertz CT molecular complexity index is 995. The van der Waals surface area contributed by atoms with Crippen molar-refractivity contribution < 1.29 is 9.53 Å². The van der Waals surface area contributed by atoms with Crippen molar-refractivity contribution in [1.29, 1.82) is 0 Å². The maximum Gasteiger partial charge on any atom is 0.248 e. The highest BCUT2D eigenvalue weighted by Crippen LogP contribution is 2.33. The monoisotopic (exact) mass is 391 g/mol. The molecular weight excluding hydrogens is 366 g/mol. The first-order valence-electron chi connectivity index (χ1n) is 9.78. The SMILES string of the molecule is Cc1nn(C)nc1[C@@H]1CCCN1Cc1ccc(Oc2ccc(C(N)=O)cc2)cc1. The lowest BCUT2D eigenvalue weighted by Gasteiger charge is -2.23. The lowest BCUT2D eigenvalue weighted by atomic mass is 10.1. The number of aromatic nitrogens is 3. The Balaban J connectivity index is 1.41. The highest BCUT2D eigenvalue weighted by Gasteiger charge is 2.29. The summed E-state index contributed by atoms with van der Waals surface area (Å²) >= 11 is 0. The lowest BCUT2D eigenvalue weighted by molar-refractivity contribution is 0.100. The standard InChI is InChI=1S/C22H25N5O2/c1-15-21(25-26(2)24-15)20-4-3-13-27(20)14-16-5-9-18(10-6-16)29-19-11-7-17(8-12-19)22(23)28/h5-12,20H,3-4,13-14H2,1-2H3,(H2,23,28)/t20-/m0/s1. The van der Waals surface area contributed by atoms with Crippen LogP contribution in [0.15, 0.2) is 48.5 Å². The van der Waals surface area contributed by atoms with Gasteiger partial charge in [-0.05, 0) is 68.3 Å². The van der Waals surface area contributed by atoms with Gasteiger partial charge in [0.15, 0.2) is 0 Å². The number of rotatable bonds is 6. The van der Waals surface area contributed by atoms with Crippen LogP contribution in [0, 0.1) is 6.92 Å². The third kappa shape index (κ3) is 4.30. The van der Waals surface area contributed by atoms with Gasteiger partial charge in [0.2, 0.25) is 5.91 Å². The second-order valence-corrected chi connectivity index (χ2v) is 7.42. The Kier molecular flexibility index (Phi) is 5.31. The molecule has 1 atom stereocenters. The highest BCUT2D eigenvalue weighted by atomic mass is 16.5. The van der Waals surface area contributed by atoms with Crippen molar-refractivity contribution in [3.05, 3.63) is 71.0 Å². The van der Waals surface area contributed by atoms with E-state index in [1.165, 1.54) is 12.0 Å². The number of benzene rings is 2. The van der Waals surface area contributed by atoms with Crippen LogP contribution in [0.4, 0.5) is 0 Å². The van der Waals surface area contributed by atoms with E-state index >= 15 is 0 Å². The Morgan fingerprint density at radius 1 is 1.10 bits per heavy atom. The van der Waals surface area contributed by atoms with Crippen molar-refractivity contribution in [2.45, 2.75) is 32.4 Å². The number of nitrogens with zero attached hydrogens (tertiary/aromatic N) is 4. The summed E-state index contributed by atoms with van der Waals surface area (Å²) in [5, 5.41) is 8.98. The van der Waals surface area contributed by atoms with Crippen molar-refractivity contribution in [3.8, 4) is 11.5 Å². The first-order valence-corrected chi connectivity index (χ1v) is 9.78. The van der Waals surface area contributed by atoms with Gasteiger partial charge in [0.05, 0.1) is 11.7 Å². The van der Waals surface area contributed by atoms with Crippen LogP contribution in [-0.2, 0) is 13.6 Å². The van der Waals surface area contributed by atoms with Crippen LogP contribution in [0.3, 0.4) is 0 Å². The predicted octanol–water partition coefficient (Wildman–Crippen LogP) is 3.35. The molecule has 0 spiro atoms. The van der Waals surface area contributed by atoms with Gasteiger partial charge in [-0.2, -0.15) is 15.0 Å². The maximum atomic E-state index is 11.2. The molecular formula is C22H25N5O2. The second kappa shape index (κ2) is 8.05. The van der Waals surface area contributed by atoms with E-state index < -0.39 is 5.91 Å². The minimum atomic E-state index is -0.446. The van der Waals surface area contributed by atoms with Gasteiger partial charge in [-0.1, -0.05) is 12.1 Å². The van der Waals surface area contributed by atoms with Gasteiger partial charge >= 0.3 is 0 Å². The van der Waals surface area contributed by atoms with Gasteiger partial charge < -0.3 is 10.5 Å². The molecule has 1 aromatic heterocycles. The van der Waals surface area contributed by atoms with Crippen molar-refractivity contribution in [2.24, 2.45) is 12.8 Å². The minimum Gasteiger partial charge on any atom is -0.457 e. The van der Waals surface area contributed by atoms with Gasteiger partial charge in [-0.15, -0.1) is 0 Å². The molecule has 4 rings (SSSR count). The molecule has 1 fully saturated rings. The van der Waals surface area contributed by atoms with E-state index in [0.717, 1.165) is 36.6 Å². The molecule has 7 heteroatoms. The van der Waals surface area contributed by atoms with Crippen LogP contribution in [0.5, 0.6) is 11.5 Å². The summed E-state index contributed by atoms with van der Waals surface area (Å²) < 4.78 is 5.86. The van der Waals surface area contributed by atoms with E-state index in [1.54, 1.807) is 29.1 Å². The summed E-state index contributed by atoms with van der Waals surface area (Å²) in [7, 11) is 1.87. The van der Waals surface area contributed by atoms with E-state index in [-0.39, 0.29) is 0 Å². The van der Waals surface area contributed by atoms with Gasteiger partial charge in [-0.3, -0.25) is 9.69 Å². The van der Waals surface area contributed by atoms with Crippen molar-refractivity contribution in [3.63, 3.8) is 0 Å². The van der Waals surface area contributed by atoms with Crippen LogP contribution in [0.25, 0.3) is 0 Å². The van der Waals surface area contributed by atoms with E-state index in [9.17, 15) is 4.79 Å². The zero-order valence-corrected chi connectivity index (χ0v) is 16.7. The van der Waals surface area contributed by atoms with Crippen LogP contribution in [0.1, 0.15) is 46.2 Å². The molecule has 7 nitrogen and oxygen atoms in total. The summed E-state index contributed by atoms with van der Waals surface area (Å²) in [4.78, 5) is 15.3. The number of ether oxygens (including phenoxy) is 1. The fourth-order valence-electron chi connectivity index (χ4n) is 3.87. The fraction of sp³-hybridized carbons (Fsp3) is 0.318. The van der Waals surface area contributed by atoms with Crippen LogP contribution in [-0.4, -0.2) is 32.3 Å². The van der Waals surface area contributed by atoms with E-state index in [1.807, 2.05) is 26.1 Å². The van der Waals surface area contributed by atoms with Crippen molar-refractivity contribution in [1.82, 2.24) is 19.9 Å². The van der Waals surface area contributed by atoms with Crippen LogP contribution < -0.4 is 10.5 Å². The number of carbonyl (C=O) groups is 1. The topological polar surface area (TPSA) is 86.3 Å². The highest BCUT2D eigenvalue weighted by molar-refractivity contribution is 5.92. The molecule has 1 saturated heterocycles. The summed E-state index contributed by atoms with van der Waals surface area (Å²) in [6.07, 6.45) is 2.28. The molecule has 1 amide bonds. The van der Waals surface area contributed by atoms with Gasteiger partial charge in [0.1, 0.15) is 17.2 Å². The van der Waals surface area contributed by atoms with Crippen molar-refractivity contribution >= 4 is 5.91 Å². The predicted molar refractivity (Wildman–Crippen MR) is 110 cm³/mol. The quantitative estimate of drug-likeness (QED) is 0.696. The number of amides is 1. The van der Waals surface area contributed by atoms with E-state index in [4.69, 9.17) is 10.5 Å². The maximum absolute atomic E-state index is 11.2. The fourth-order valence-corrected chi connectivity index (χ4v) is 3.87. The minimum absolute atomic E-state index is 0.323. The number of nitrogens with two attached hydrogens (primary N) is 1. The number of hydrogen-bond donors (Lipinski definition) is 1. The zero-order chi connectivity index (χ0) is 20.4. The molecule has 29 heavy (non-hydrogen) atoms. The number of aryl methyl sites for hydroxylation is 2. The molecule has 0 aliphatic carbocycles. The Morgan fingerprint density at radius 2 is 1.76 bits per heavy atom. The summed E-state index contributed by atoms with van der Waals surface area (Å²) in [6, 6.07) is 15.2. The third-order valence-electron chi connectivity index (χ3n) is 5.28. The smallest absolute Gasteiger partial charge is 0.248 e. The summed E-state index contributed by atoms with van der Waals surface area (Å²) in [6.45, 7) is 3.96. The molecule has 2 heterocycles. The molecule has 150 valence electrons. The molecule has 0 unspecified atom stereocenters. The molecule has 2 N–H and O–H groups in total. The second-order valence-electron chi connectivity index (χ2n) is 7.42. The van der Waals surface area contributed by atoms with E-state index in [2.05, 4.69) is 27.2 Å².